The molecular formula is C18H16N2O3. The number of carbonyl (C=O) groups excluding carboxylic acids is 2. The fourth-order valence-corrected chi connectivity index (χ4v) is 2.50. The monoisotopic (exact) mass is 308 g/mol. The average molecular weight is 308 g/mol. The molecule has 1 heterocycles. The summed E-state index contributed by atoms with van der Waals surface area (Å²) in [6.45, 7) is 0. The number of hydrogen-bond acceptors (Lipinski definition) is 4. The molecule has 5 nitrogen and oxygen atoms in total. The van der Waals surface area contributed by atoms with Gasteiger partial charge in [-0.3, -0.25) is 14.6 Å². The van der Waals surface area contributed by atoms with Gasteiger partial charge in [0.2, 0.25) is 5.91 Å². The summed E-state index contributed by atoms with van der Waals surface area (Å²) in [6, 6.07) is 16.3. The van der Waals surface area contributed by atoms with Gasteiger partial charge >= 0.3 is 5.97 Å². The fraction of sp³-hybridized carbons (Fsp3) is 0.167. The molecule has 0 aliphatic carbocycles. The van der Waals surface area contributed by atoms with Crippen molar-refractivity contribution in [2.45, 2.75) is 12.5 Å². The van der Waals surface area contributed by atoms with Crippen molar-refractivity contribution in [1.82, 2.24) is 0 Å². The van der Waals surface area contributed by atoms with Gasteiger partial charge in [-0.05, 0) is 6.07 Å². The molecule has 0 radical (unpaired) electrons. The third kappa shape index (κ3) is 3.13. The molecule has 3 rings (SSSR count). The molecular weight excluding hydrogens is 292 g/mol. The number of aliphatic imine (C=N–C) groups is 1. The molecule has 0 saturated heterocycles. The summed E-state index contributed by atoms with van der Waals surface area (Å²) in [7, 11) is 1.30. The van der Waals surface area contributed by atoms with Crippen LogP contribution in [0.15, 0.2) is 59.6 Å². The number of para-hydroxylation sites is 1. The number of benzene rings is 2. The number of anilines is 1. The van der Waals surface area contributed by atoms with E-state index in [2.05, 4.69) is 15.0 Å². The van der Waals surface area contributed by atoms with Crippen molar-refractivity contribution in [2.75, 3.05) is 12.4 Å². The Labute approximate surface area is 134 Å². The van der Waals surface area contributed by atoms with Crippen molar-refractivity contribution in [2.24, 2.45) is 4.99 Å². The Kier molecular flexibility index (Phi) is 4.19. The third-order valence-corrected chi connectivity index (χ3v) is 3.66. The lowest BCUT2D eigenvalue weighted by Gasteiger charge is -2.09. The van der Waals surface area contributed by atoms with Gasteiger partial charge in [0.25, 0.3) is 0 Å². The van der Waals surface area contributed by atoms with Crippen molar-refractivity contribution in [3.05, 3.63) is 65.7 Å². The maximum Gasteiger partial charge on any atom is 0.308 e. The normalized spacial score (nSPS) is 16.7. The molecule has 0 aromatic heterocycles. The number of hydrogen-bond donors (Lipinski definition) is 1. The molecule has 1 N–H and O–H groups in total. The van der Waals surface area contributed by atoms with Gasteiger partial charge in [0.15, 0.2) is 0 Å². The number of fused-ring (bicyclic) bond motifs is 1. The van der Waals surface area contributed by atoms with E-state index in [4.69, 9.17) is 0 Å². The second kappa shape index (κ2) is 6.44. The molecule has 0 fully saturated rings. The summed E-state index contributed by atoms with van der Waals surface area (Å²) >= 11 is 0. The Morgan fingerprint density at radius 2 is 1.83 bits per heavy atom. The predicted molar refractivity (Wildman–Crippen MR) is 87.6 cm³/mol. The highest BCUT2D eigenvalue weighted by molar-refractivity contribution is 6.19. The van der Waals surface area contributed by atoms with E-state index in [0.717, 1.165) is 11.1 Å². The summed E-state index contributed by atoms with van der Waals surface area (Å²) in [5, 5.41) is 2.84. The van der Waals surface area contributed by atoms with Crippen LogP contribution in [-0.4, -0.2) is 30.7 Å². The second-order valence-corrected chi connectivity index (χ2v) is 5.17. The molecule has 0 unspecified atom stereocenters. The van der Waals surface area contributed by atoms with Crippen molar-refractivity contribution in [3.63, 3.8) is 0 Å². The number of ether oxygens (including phenoxy) is 1. The van der Waals surface area contributed by atoms with Gasteiger partial charge in [0, 0.05) is 11.1 Å². The molecule has 0 spiro atoms. The first kappa shape index (κ1) is 15.0. The summed E-state index contributed by atoms with van der Waals surface area (Å²) in [6.07, 6.45) is -0.0906. The molecule has 2 aromatic carbocycles. The van der Waals surface area contributed by atoms with Crippen LogP contribution in [0.3, 0.4) is 0 Å². The predicted octanol–water partition coefficient (Wildman–Crippen LogP) is 2.41. The van der Waals surface area contributed by atoms with Crippen LogP contribution >= 0.6 is 0 Å². The summed E-state index contributed by atoms with van der Waals surface area (Å²) in [4.78, 5) is 28.5. The van der Waals surface area contributed by atoms with Crippen LogP contribution in [-0.2, 0) is 14.3 Å². The van der Waals surface area contributed by atoms with E-state index in [9.17, 15) is 9.59 Å². The van der Waals surface area contributed by atoms with Gasteiger partial charge in [-0.15, -0.1) is 0 Å². The Balaban J connectivity index is 2.11. The number of methoxy groups -OCH3 is 1. The Morgan fingerprint density at radius 3 is 2.57 bits per heavy atom. The quantitative estimate of drug-likeness (QED) is 0.885. The lowest BCUT2D eigenvalue weighted by Crippen LogP contribution is -2.28. The molecule has 0 saturated carbocycles. The highest BCUT2D eigenvalue weighted by Gasteiger charge is 2.27. The number of nitrogens with zero attached hydrogens (tertiary/aromatic N) is 1. The third-order valence-electron chi connectivity index (χ3n) is 3.66. The Bertz CT molecular complexity index is 769. The minimum atomic E-state index is -0.815. The van der Waals surface area contributed by atoms with Gasteiger partial charge in [0.05, 0.1) is 24.9 Å². The molecule has 116 valence electrons. The molecule has 1 aliphatic heterocycles. The zero-order chi connectivity index (χ0) is 16.2. The van der Waals surface area contributed by atoms with Gasteiger partial charge in [0.1, 0.15) is 6.04 Å². The van der Waals surface area contributed by atoms with Gasteiger partial charge in [-0.1, -0.05) is 48.5 Å². The molecule has 1 amide bonds. The van der Waals surface area contributed by atoms with Crippen molar-refractivity contribution in [1.29, 1.82) is 0 Å². The largest absolute Gasteiger partial charge is 0.469 e. The number of carbonyl (C=O) groups is 2. The Hall–Kier alpha value is -2.95. The summed E-state index contributed by atoms with van der Waals surface area (Å²) in [5.74, 6) is -0.777. The zero-order valence-corrected chi connectivity index (χ0v) is 12.7. The van der Waals surface area contributed by atoms with Crippen LogP contribution in [0.25, 0.3) is 0 Å². The number of rotatable bonds is 3. The van der Waals surface area contributed by atoms with Crippen LogP contribution in [0.2, 0.25) is 0 Å². The molecule has 5 heteroatoms. The van der Waals surface area contributed by atoms with Crippen molar-refractivity contribution >= 4 is 23.3 Å². The highest BCUT2D eigenvalue weighted by Crippen LogP contribution is 2.24. The second-order valence-electron chi connectivity index (χ2n) is 5.17. The average Bonchev–Trinajstić information content (AvgIpc) is 2.72. The minimum Gasteiger partial charge on any atom is -0.469 e. The first-order chi connectivity index (χ1) is 11.2. The summed E-state index contributed by atoms with van der Waals surface area (Å²) < 4.78 is 4.67. The van der Waals surface area contributed by atoms with E-state index in [1.54, 1.807) is 0 Å². The number of nitrogens with one attached hydrogen (secondary N) is 1. The standard InChI is InChI=1S/C18H16N2O3/c1-23-16(21)11-15-18(22)20-14-10-6-5-9-13(14)17(19-15)12-7-3-2-4-8-12/h2-10,15H,11H2,1H3,(H,20,22)/t15-/m0/s1. The maximum absolute atomic E-state index is 12.4. The molecule has 2 aromatic rings. The van der Waals surface area contributed by atoms with Crippen LogP contribution < -0.4 is 5.32 Å². The van der Waals surface area contributed by atoms with E-state index in [-0.39, 0.29) is 12.3 Å². The van der Waals surface area contributed by atoms with E-state index >= 15 is 0 Å². The van der Waals surface area contributed by atoms with Gasteiger partial charge < -0.3 is 10.1 Å². The number of benzodiazepines with no additional fused rings is 1. The van der Waals surface area contributed by atoms with Crippen LogP contribution in [0.4, 0.5) is 5.69 Å². The lowest BCUT2D eigenvalue weighted by atomic mass is 10.0. The van der Waals surface area contributed by atoms with Gasteiger partial charge in [-0.25, -0.2) is 0 Å². The number of amides is 1. The highest BCUT2D eigenvalue weighted by atomic mass is 16.5. The van der Waals surface area contributed by atoms with Crippen molar-refractivity contribution < 1.29 is 14.3 Å². The SMILES string of the molecule is COC(=O)C[C@@H]1N=C(c2ccccc2)c2ccccc2NC1=O. The van der Waals surface area contributed by atoms with Crippen molar-refractivity contribution in [3.8, 4) is 0 Å². The molecule has 23 heavy (non-hydrogen) atoms. The van der Waals surface area contributed by atoms with Crippen LogP contribution in [0.1, 0.15) is 17.5 Å². The topological polar surface area (TPSA) is 67.8 Å². The van der Waals surface area contributed by atoms with Gasteiger partial charge in [-0.2, -0.15) is 0 Å². The molecule has 1 atom stereocenters. The lowest BCUT2D eigenvalue weighted by molar-refractivity contribution is -0.142. The maximum atomic E-state index is 12.4. The van der Waals surface area contributed by atoms with Crippen LogP contribution in [0, 0.1) is 0 Å². The molecule has 0 bridgehead atoms. The number of esters is 1. The molecule has 1 aliphatic rings. The summed E-state index contributed by atoms with van der Waals surface area (Å²) in [5.41, 5.74) is 3.10. The first-order valence-corrected chi connectivity index (χ1v) is 7.29. The van der Waals surface area contributed by atoms with E-state index in [0.29, 0.717) is 11.4 Å². The first-order valence-electron chi connectivity index (χ1n) is 7.29. The fourth-order valence-electron chi connectivity index (χ4n) is 2.50. The minimum absolute atomic E-state index is 0.0906. The van der Waals surface area contributed by atoms with Crippen LogP contribution in [0.5, 0.6) is 0 Å². The van der Waals surface area contributed by atoms with E-state index in [1.165, 1.54) is 7.11 Å². The smallest absolute Gasteiger partial charge is 0.308 e. The van der Waals surface area contributed by atoms with E-state index in [1.807, 2.05) is 54.6 Å². The van der Waals surface area contributed by atoms with E-state index < -0.39 is 12.0 Å². The zero-order valence-electron chi connectivity index (χ0n) is 12.7. The Morgan fingerprint density at radius 1 is 1.13 bits per heavy atom.